The molecule has 0 unspecified atom stereocenters. The highest BCUT2D eigenvalue weighted by Crippen LogP contribution is 2.25. The lowest BCUT2D eigenvalue weighted by Gasteiger charge is -2.02. The average Bonchev–Trinajstić information content (AvgIpc) is 2.74. The fourth-order valence-corrected chi connectivity index (χ4v) is 2.02. The summed E-state index contributed by atoms with van der Waals surface area (Å²) in [5.41, 5.74) is 1.93. The number of halogens is 1. The number of rotatable bonds is 2. The number of carbonyl (C=O) groups is 1. The molecule has 19 heavy (non-hydrogen) atoms. The molecule has 1 aromatic carbocycles. The normalized spacial score (nSPS) is 12.9. The SMILES string of the molecule is C[C@H](C(=O)O)c1nnc2c(n1)[nH]c1ccc(Cl)cc12. The molecule has 0 fully saturated rings. The Bertz CT molecular complexity index is 799. The summed E-state index contributed by atoms with van der Waals surface area (Å²) < 4.78 is 0. The van der Waals surface area contributed by atoms with E-state index >= 15 is 0 Å². The van der Waals surface area contributed by atoms with Gasteiger partial charge < -0.3 is 10.1 Å². The molecule has 0 bridgehead atoms. The summed E-state index contributed by atoms with van der Waals surface area (Å²) in [6.07, 6.45) is 0. The van der Waals surface area contributed by atoms with Crippen LogP contribution in [0.3, 0.4) is 0 Å². The summed E-state index contributed by atoms with van der Waals surface area (Å²) in [6.45, 7) is 1.52. The topological polar surface area (TPSA) is 91.8 Å². The Balaban J connectivity index is 2.24. The van der Waals surface area contributed by atoms with Gasteiger partial charge in [0, 0.05) is 15.9 Å². The number of carboxylic acid groups (broad SMARTS) is 1. The van der Waals surface area contributed by atoms with Crippen LogP contribution in [0.4, 0.5) is 0 Å². The quantitative estimate of drug-likeness (QED) is 0.749. The molecule has 6 nitrogen and oxygen atoms in total. The Morgan fingerprint density at radius 3 is 2.95 bits per heavy atom. The van der Waals surface area contributed by atoms with E-state index < -0.39 is 11.9 Å². The van der Waals surface area contributed by atoms with Gasteiger partial charge in [0.25, 0.3) is 0 Å². The van der Waals surface area contributed by atoms with Crippen molar-refractivity contribution in [3.8, 4) is 0 Å². The van der Waals surface area contributed by atoms with Crippen LogP contribution in [0.1, 0.15) is 18.7 Å². The second-order valence-electron chi connectivity index (χ2n) is 4.24. The lowest BCUT2D eigenvalue weighted by Crippen LogP contribution is -2.12. The molecule has 0 amide bonds. The maximum atomic E-state index is 10.9. The minimum Gasteiger partial charge on any atom is -0.481 e. The van der Waals surface area contributed by atoms with Crippen LogP contribution in [0.2, 0.25) is 5.02 Å². The number of aliphatic carboxylic acids is 1. The third-order valence-electron chi connectivity index (χ3n) is 2.95. The monoisotopic (exact) mass is 276 g/mol. The zero-order chi connectivity index (χ0) is 13.6. The number of hydrogen-bond acceptors (Lipinski definition) is 4. The zero-order valence-corrected chi connectivity index (χ0v) is 10.6. The smallest absolute Gasteiger partial charge is 0.314 e. The first-order valence-electron chi connectivity index (χ1n) is 5.60. The molecule has 0 aliphatic heterocycles. The number of fused-ring (bicyclic) bond motifs is 3. The van der Waals surface area contributed by atoms with E-state index in [9.17, 15) is 4.79 Å². The molecule has 0 saturated carbocycles. The van der Waals surface area contributed by atoms with Gasteiger partial charge in [-0.3, -0.25) is 4.79 Å². The molecule has 0 saturated heterocycles. The number of H-pyrrole nitrogens is 1. The number of aromatic nitrogens is 4. The van der Waals surface area contributed by atoms with E-state index in [1.165, 1.54) is 6.92 Å². The van der Waals surface area contributed by atoms with Crippen LogP contribution in [0.25, 0.3) is 22.1 Å². The Labute approximate surface area is 112 Å². The van der Waals surface area contributed by atoms with Crippen molar-refractivity contribution >= 4 is 39.6 Å². The molecule has 3 rings (SSSR count). The summed E-state index contributed by atoms with van der Waals surface area (Å²) in [5.74, 6) is -1.61. The van der Waals surface area contributed by atoms with Gasteiger partial charge in [-0.25, -0.2) is 4.98 Å². The third-order valence-corrected chi connectivity index (χ3v) is 3.19. The second kappa shape index (κ2) is 4.17. The molecule has 2 aromatic heterocycles. The largest absolute Gasteiger partial charge is 0.481 e. The number of benzene rings is 1. The van der Waals surface area contributed by atoms with Crippen LogP contribution in [0, 0.1) is 0 Å². The molecule has 0 radical (unpaired) electrons. The molecule has 7 heteroatoms. The Hall–Kier alpha value is -2.21. The van der Waals surface area contributed by atoms with Crippen LogP contribution in [0.5, 0.6) is 0 Å². The fraction of sp³-hybridized carbons (Fsp3) is 0.167. The van der Waals surface area contributed by atoms with Gasteiger partial charge >= 0.3 is 5.97 Å². The van der Waals surface area contributed by atoms with Crippen LogP contribution in [0.15, 0.2) is 18.2 Å². The summed E-state index contributed by atoms with van der Waals surface area (Å²) in [5, 5.41) is 18.3. The first kappa shape index (κ1) is 11.9. The molecule has 0 aliphatic carbocycles. The summed E-state index contributed by atoms with van der Waals surface area (Å²) in [6, 6.07) is 5.35. The minimum absolute atomic E-state index is 0.178. The van der Waals surface area contributed by atoms with E-state index in [0.717, 1.165) is 10.9 Å². The first-order valence-corrected chi connectivity index (χ1v) is 5.98. The van der Waals surface area contributed by atoms with Gasteiger partial charge in [0.2, 0.25) is 0 Å². The van der Waals surface area contributed by atoms with Crippen LogP contribution >= 0.6 is 11.6 Å². The van der Waals surface area contributed by atoms with Crippen molar-refractivity contribution in [2.75, 3.05) is 0 Å². The molecule has 3 aromatic rings. The zero-order valence-electron chi connectivity index (χ0n) is 9.88. The van der Waals surface area contributed by atoms with E-state index in [1.807, 2.05) is 6.07 Å². The van der Waals surface area contributed by atoms with Crippen molar-refractivity contribution < 1.29 is 9.90 Å². The maximum Gasteiger partial charge on any atom is 0.314 e. The van der Waals surface area contributed by atoms with Crippen molar-refractivity contribution in [2.45, 2.75) is 12.8 Å². The third kappa shape index (κ3) is 1.90. The molecule has 96 valence electrons. The molecule has 0 aliphatic rings. The maximum absolute atomic E-state index is 10.9. The predicted molar refractivity (Wildman–Crippen MR) is 70.3 cm³/mol. The first-order chi connectivity index (χ1) is 9.06. The standard InChI is InChI=1S/C12H9ClN4O2/c1-5(12(18)19)10-15-11-9(16-17-10)7-4-6(13)2-3-8(7)14-11/h2-5H,1H3,(H,18,19)(H,14,15,17)/t5-/m0/s1. The second-order valence-corrected chi connectivity index (χ2v) is 4.68. The minimum atomic E-state index is -0.986. The van der Waals surface area contributed by atoms with Gasteiger partial charge in [-0.15, -0.1) is 10.2 Å². The molecular weight excluding hydrogens is 268 g/mol. The predicted octanol–water partition coefficient (Wildman–Crippen LogP) is 2.35. The van der Waals surface area contributed by atoms with E-state index in [-0.39, 0.29) is 5.82 Å². The van der Waals surface area contributed by atoms with E-state index in [0.29, 0.717) is 16.2 Å². The number of hydrogen-bond donors (Lipinski definition) is 2. The number of nitrogens with zero attached hydrogens (tertiary/aromatic N) is 3. The van der Waals surface area contributed by atoms with Gasteiger partial charge in [0.1, 0.15) is 11.4 Å². The van der Waals surface area contributed by atoms with Gasteiger partial charge in [0.05, 0.1) is 0 Å². The molecule has 2 heterocycles. The van der Waals surface area contributed by atoms with Crippen molar-refractivity contribution in [3.05, 3.63) is 29.0 Å². The molecular formula is C12H9ClN4O2. The van der Waals surface area contributed by atoms with Crippen LogP contribution in [-0.2, 0) is 4.79 Å². The molecule has 2 N–H and O–H groups in total. The van der Waals surface area contributed by atoms with Gasteiger partial charge in [-0.05, 0) is 25.1 Å². The number of aromatic amines is 1. The lowest BCUT2D eigenvalue weighted by molar-refractivity contribution is -0.138. The van der Waals surface area contributed by atoms with Crippen molar-refractivity contribution in [1.82, 2.24) is 20.2 Å². The summed E-state index contributed by atoms with van der Waals surface area (Å²) in [4.78, 5) is 18.2. The number of nitrogens with one attached hydrogen (secondary N) is 1. The van der Waals surface area contributed by atoms with E-state index in [1.54, 1.807) is 12.1 Å². The Morgan fingerprint density at radius 2 is 2.21 bits per heavy atom. The summed E-state index contributed by atoms with van der Waals surface area (Å²) >= 11 is 5.94. The van der Waals surface area contributed by atoms with Crippen LogP contribution in [-0.4, -0.2) is 31.2 Å². The Kier molecular flexibility index (Phi) is 2.60. The highest BCUT2D eigenvalue weighted by atomic mass is 35.5. The van der Waals surface area contributed by atoms with Crippen molar-refractivity contribution in [1.29, 1.82) is 0 Å². The molecule has 1 atom stereocenters. The summed E-state index contributed by atoms with van der Waals surface area (Å²) in [7, 11) is 0. The fourth-order valence-electron chi connectivity index (χ4n) is 1.85. The van der Waals surface area contributed by atoms with E-state index in [4.69, 9.17) is 16.7 Å². The van der Waals surface area contributed by atoms with E-state index in [2.05, 4.69) is 20.2 Å². The number of carboxylic acids is 1. The van der Waals surface area contributed by atoms with Crippen molar-refractivity contribution in [2.24, 2.45) is 0 Å². The molecule has 0 spiro atoms. The van der Waals surface area contributed by atoms with Crippen LogP contribution < -0.4 is 0 Å². The van der Waals surface area contributed by atoms with Gasteiger partial charge in [-0.2, -0.15) is 0 Å². The van der Waals surface area contributed by atoms with Crippen molar-refractivity contribution in [3.63, 3.8) is 0 Å². The van der Waals surface area contributed by atoms with Gasteiger partial charge in [0.15, 0.2) is 11.5 Å². The average molecular weight is 277 g/mol. The Morgan fingerprint density at radius 1 is 1.42 bits per heavy atom. The van der Waals surface area contributed by atoms with Gasteiger partial charge in [-0.1, -0.05) is 11.6 Å². The highest BCUT2D eigenvalue weighted by molar-refractivity contribution is 6.31. The highest BCUT2D eigenvalue weighted by Gasteiger charge is 2.19. The lowest BCUT2D eigenvalue weighted by atomic mass is 10.2.